The Labute approximate surface area is 225 Å². The summed E-state index contributed by atoms with van der Waals surface area (Å²) in [5.41, 5.74) is 0.842. The van der Waals surface area contributed by atoms with E-state index in [0.717, 1.165) is 5.56 Å². The van der Waals surface area contributed by atoms with Crippen LogP contribution in [0.5, 0.6) is 0 Å². The fraction of sp³-hybridized carbons (Fsp3) is 0.519. The highest BCUT2D eigenvalue weighted by Crippen LogP contribution is 2.23. The van der Waals surface area contributed by atoms with Gasteiger partial charge >= 0.3 is 5.97 Å². The molecule has 2 amide bonds. The minimum Gasteiger partial charge on any atom is -0.461 e. The Balaban J connectivity index is 1.65. The van der Waals surface area contributed by atoms with Crippen molar-refractivity contribution in [3.05, 3.63) is 45.9 Å². The van der Waals surface area contributed by atoms with Gasteiger partial charge in [-0.2, -0.15) is 0 Å². The number of hydrogen-bond donors (Lipinski definition) is 2. The molecule has 0 radical (unpaired) electrons. The van der Waals surface area contributed by atoms with Crippen molar-refractivity contribution in [2.75, 3.05) is 0 Å². The van der Waals surface area contributed by atoms with E-state index in [9.17, 15) is 24.0 Å². The van der Waals surface area contributed by atoms with Gasteiger partial charge in [-0.1, -0.05) is 69.4 Å². The zero-order chi connectivity index (χ0) is 27.8. The molecule has 2 aromatic rings. The number of ether oxygens (including phenoxy) is 1. The number of hydrogen-bond acceptors (Lipinski definition) is 9. The van der Waals surface area contributed by atoms with Gasteiger partial charge in [0.05, 0.1) is 24.9 Å². The number of aromatic nitrogens is 2. The van der Waals surface area contributed by atoms with Gasteiger partial charge in [-0.05, 0) is 17.4 Å². The van der Waals surface area contributed by atoms with E-state index in [1.165, 1.54) is 11.3 Å². The molecular weight excluding hydrogens is 508 g/mol. The Bertz CT molecular complexity index is 1160. The summed E-state index contributed by atoms with van der Waals surface area (Å²) in [5, 5.41) is 14.5. The zero-order valence-corrected chi connectivity index (χ0v) is 22.9. The van der Waals surface area contributed by atoms with E-state index in [4.69, 9.17) is 4.74 Å². The number of carbonyl (C=O) groups is 5. The number of carbonyl (C=O) groups excluding carboxylic acids is 5. The molecule has 0 spiro atoms. The third-order valence-electron chi connectivity index (χ3n) is 6.45. The molecule has 0 fully saturated rings. The van der Waals surface area contributed by atoms with Crippen LogP contribution in [-0.4, -0.2) is 45.6 Å². The highest BCUT2D eigenvalue weighted by atomic mass is 32.1. The minimum atomic E-state index is -0.909. The molecule has 0 saturated heterocycles. The van der Waals surface area contributed by atoms with Gasteiger partial charge in [0.25, 0.3) is 5.91 Å². The van der Waals surface area contributed by atoms with Gasteiger partial charge in [-0.3, -0.25) is 24.0 Å². The Kier molecular flexibility index (Phi) is 10.2. The van der Waals surface area contributed by atoms with Crippen LogP contribution in [0.4, 0.5) is 0 Å². The normalized spacial score (nSPS) is 17.2. The number of rotatable bonds is 11. The number of benzene rings is 1. The van der Waals surface area contributed by atoms with Crippen LogP contribution in [0.3, 0.4) is 0 Å². The first-order valence-electron chi connectivity index (χ1n) is 12.7. The topological polar surface area (TPSA) is 144 Å². The van der Waals surface area contributed by atoms with Crippen molar-refractivity contribution in [3.63, 3.8) is 0 Å². The highest BCUT2D eigenvalue weighted by Gasteiger charge is 2.35. The van der Waals surface area contributed by atoms with Gasteiger partial charge in [-0.25, -0.2) is 0 Å². The van der Waals surface area contributed by atoms with E-state index in [-0.39, 0.29) is 50.0 Å². The molecule has 0 aliphatic carbocycles. The maximum absolute atomic E-state index is 13.3. The summed E-state index contributed by atoms with van der Waals surface area (Å²) in [6, 6.07) is 8.35. The number of ketones is 2. The first-order chi connectivity index (χ1) is 18.0. The molecule has 1 aliphatic heterocycles. The van der Waals surface area contributed by atoms with Gasteiger partial charge < -0.3 is 15.4 Å². The molecule has 1 aromatic carbocycles. The second kappa shape index (κ2) is 13.4. The molecule has 2 bridgehead atoms. The lowest BCUT2D eigenvalue weighted by Gasteiger charge is -2.27. The molecule has 1 aliphatic rings. The first-order valence-corrected chi connectivity index (χ1v) is 13.5. The number of nitrogens with zero attached hydrogens (tertiary/aromatic N) is 2. The smallest absolute Gasteiger partial charge is 0.306 e. The molecule has 3 rings (SSSR count). The lowest BCUT2D eigenvalue weighted by Crippen LogP contribution is -2.49. The second-order valence-corrected chi connectivity index (χ2v) is 11.3. The fourth-order valence-electron chi connectivity index (χ4n) is 4.20. The largest absolute Gasteiger partial charge is 0.461 e. The molecule has 11 heteroatoms. The number of fused-ring (bicyclic) bond motifs is 2. The number of amides is 2. The third kappa shape index (κ3) is 8.01. The van der Waals surface area contributed by atoms with Crippen LogP contribution in [0.15, 0.2) is 30.3 Å². The predicted octanol–water partition coefficient (Wildman–Crippen LogP) is 2.40. The van der Waals surface area contributed by atoms with Crippen molar-refractivity contribution in [1.29, 1.82) is 0 Å². The maximum Gasteiger partial charge on any atom is 0.306 e. The summed E-state index contributed by atoms with van der Waals surface area (Å²) in [6.45, 7) is 7.44. The van der Waals surface area contributed by atoms with Crippen molar-refractivity contribution in [3.8, 4) is 0 Å². The number of esters is 1. The van der Waals surface area contributed by atoms with Crippen molar-refractivity contribution in [2.45, 2.75) is 66.2 Å². The van der Waals surface area contributed by atoms with Crippen LogP contribution < -0.4 is 10.6 Å². The quantitative estimate of drug-likeness (QED) is 0.325. The summed E-state index contributed by atoms with van der Waals surface area (Å²) in [5.74, 6) is -4.84. The monoisotopic (exact) mass is 542 g/mol. The molecule has 10 nitrogen and oxygen atoms in total. The zero-order valence-electron chi connectivity index (χ0n) is 22.1. The van der Waals surface area contributed by atoms with Crippen LogP contribution in [0.2, 0.25) is 0 Å². The Morgan fingerprint density at radius 3 is 2.39 bits per heavy atom. The first kappa shape index (κ1) is 29.1. The molecular formula is C27H34N4O6S. The lowest BCUT2D eigenvalue weighted by molar-refractivity contribution is -0.149. The summed E-state index contributed by atoms with van der Waals surface area (Å²) in [7, 11) is 0. The van der Waals surface area contributed by atoms with Crippen molar-refractivity contribution in [2.24, 2.45) is 23.7 Å². The average molecular weight is 543 g/mol. The average Bonchev–Trinajstić information content (AvgIpc) is 3.35. The fourth-order valence-corrected chi connectivity index (χ4v) is 5.06. The van der Waals surface area contributed by atoms with Crippen LogP contribution in [0, 0.1) is 23.7 Å². The molecule has 204 valence electrons. The van der Waals surface area contributed by atoms with Crippen molar-refractivity contribution < 1.29 is 28.7 Å². The van der Waals surface area contributed by atoms with E-state index in [1.54, 1.807) is 13.8 Å². The van der Waals surface area contributed by atoms with E-state index in [2.05, 4.69) is 20.8 Å². The Hall–Kier alpha value is -3.47. The summed E-state index contributed by atoms with van der Waals surface area (Å²) in [6.07, 6.45) is -0.234. The summed E-state index contributed by atoms with van der Waals surface area (Å²) >= 11 is 1.28. The predicted molar refractivity (Wildman–Crippen MR) is 140 cm³/mol. The third-order valence-corrected chi connectivity index (χ3v) is 7.40. The lowest BCUT2D eigenvalue weighted by atomic mass is 9.87. The standard InChI is InChI=1S/C27H34N4O6S/c1-15(2)19(12-23(33)37-14-17-8-6-5-7-9-17)26(35)29-24(16(3)4)20(32)10-18-11-21-30-31-22(38-21)13-28-27(36)25(18)34/h5-9,15-16,18-19,24H,10-14H2,1-4H3,(H,28,36)(H,29,35). The van der Waals surface area contributed by atoms with Gasteiger partial charge in [0.1, 0.15) is 16.6 Å². The van der Waals surface area contributed by atoms with Gasteiger partial charge in [-0.15, -0.1) is 10.2 Å². The van der Waals surface area contributed by atoms with E-state index in [0.29, 0.717) is 10.0 Å². The molecule has 0 saturated carbocycles. The number of Topliss-reactive ketones (excluding diaryl/α,β-unsaturated/α-hetero) is 2. The van der Waals surface area contributed by atoms with Gasteiger partial charge in [0.15, 0.2) is 5.78 Å². The molecule has 1 aromatic heterocycles. The van der Waals surface area contributed by atoms with Gasteiger partial charge in [0.2, 0.25) is 11.7 Å². The Morgan fingerprint density at radius 2 is 1.74 bits per heavy atom. The summed E-state index contributed by atoms with van der Waals surface area (Å²) in [4.78, 5) is 64.1. The van der Waals surface area contributed by atoms with E-state index < -0.39 is 41.4 Å². The van der Waals surface area contributed by atoms with Crippen molar-refractivity contribution in [1.82, 2.24) is 20.8 Å². The van der Waals surface area contributed by atoms with Crippen LogP contribution >= 0.6 is 11.3 Å². The van der Waals surface area contributed by atoms with E-state index >= 15 is 0 Å². The number of nitrogens with one attached hydrogen (secondary N) is 2. The maximum atomic E-state index is 13.3. The summed E-state index contributed by atoms with van der Waals surface area (Å²) < 4.78 is 5.35. The van der Waals surface area contributed by atoms with E-state index in [1.807, 2.05) is 44.2 Å². The molecule has 3 unspecified atom stereocenters. The molecule has 2 heterocycles. The minimum absolute atomic E-state index is 0.109. The molecule has 38 heavy (non-hydrogen) atoms. The van der Waals surface area contributed by atoms with Crippen LogP contribution in [0.25, 0.3) is 0 Å². The molecule has 3 atom stereocenters. The molecule has 2 N–H and O–H groups in total. The highest BCUT2D eigenvalue weighted by molar-refractivity contribution is 7.11. The second-order valence-electron chi connectivity index (χ2n) is 10.1. The van der Waals surface area contributed by atoms with Crippen molar-refractivity contribution >= 4 is 40.7 Å². The Morgan fingerprint density at radius 1 is 1.05 bits per heavy atom. The van der Waals surface area contributed by atoms with Gasteiger partial charge in [0, 0.05) is 18.8 Å². The van der Waals surface area contributed by atoms with Crippen LogP contribution in [-0.2, 0) is 48.3 Å². The SMILES string of the molecule is CC(C)C(CC(=O)OCc1ccccc1)C(=O)NC(C(=O)CC1Cc2nnc(s2)CNC(=O)C1=O)C(C)C. The van der Waals surface area contributed by atoms with Crippen LogP contribution in [0.1, 0.15) is 56.1 Å².